The molecule has 6 amide bonds. The molecule has 1 rings (SSSR count). The molecular formula is C43H73N7O9. The fourth-order valence-corrected chi connectivity index (χ4v) is 6.69. The van der Waals surface area contributed by atoms with Gasteiger partial charge in [0.2, 0.25) is 29.5 Å². The summed E-state index contributed by atoms with van der Waals surface area (Å²) in [6.45, 7) is 5.69. The van der Waals surface area contributed by atoms with Crippen LogP contribution in [0.15, 0.2) is 24.3 Å². The van der Waals surface area contributed by atoms with Gasteiger partial charge in [-0.15, -0.1) is 0 Å². The second-order valence-electron chi connectivity index (χ2n) is 15.2. The summed E-state index contributed by atoms with van der Waals surface area (Å²) in [5, 5.41) is 40.7. The molecule has 1 aromatic carbocycles. The number of allylic oxidation sites excluding steroid dienone is 1. The number of carbonyl (C=O) groups excluding carboxylic acids is 6. The predicted octanol–water partition coefficient (Wildman–Crippen LogP) is 3.13. The van der Waals surface area contributed by atoms with Crippen molar-refractivity contribution in [2.24, 2.45) is 5.73 Å². The van der Waals surface area contributed by atoms with E-state index in [0.29, 0.717) is 18.4 Å². The number of hydrogen-bond acceptors (Lipinski definition) is 10. The topological polar surface area (TPSA) is 244 Å². The Morgan fingerprint density at radius 1 is 0.763 bits per heavy atom. The summed E-state index contributed by atoms with van der Waals surface area (Å²) in [6, 6.07) is 0.557. The number of amides is 6. The van der Waals surface area contributed by atoms with Crippen molar-refractivity contribution in [2.75, 3.05) is 34.3 Å². The van der Waals surface area contributed by atoms with Gasteiger partial charge in [0, 0.05) is 33.1 Å². The van der Waals surface area contributed by atoms with Crippen LogP contribution in [0.5, 0.6) is 5.75 Å². The van der Waals surface area contributed by atoms with Crippen molar-refractivity contribution in [2.45, 2.75) is 154 Å². The van der Waals surface area contributed by atoms with Crippen LogP contribution in [-0.2, 0) is 28.8 Å². The zero-order valence-corrected chi connectivity index (χ0v) is 36.5. The van der Waals surface area contributed by atoms with E-state index in [2.05, 4.69) is 28.2 Å². The number of nitrogens with two attached hydrogens (primary N) is 1. The van der Waals surface area contributed by atoms with E-state index in [1.165, 1.54) is 111 Å². The molecule has 0 heterocycles. The molecule has 5 atom stereocenters. The lowest BCUT2D eigenvalue weighted by molar-refractivity contribution is -0.142. The molecule has 0 saturated heterocycles. The summed E-state index contributed by atoms with van der Waals surface area (Å²) >= 11 is 0. The molecule has 0 aliphatic heterocycles. The highest BCUT2D eigenvalue weighted by Gasteiger charge is 2.33. The van der Waals surface area contributed by atoms with Gasteiger partial charge in [-0.3, -0.25) is 28.8 Å². The Bertz CT molecular complexity index is 1520. The summed E-state index contributed by atoms with van der Waals surface area (Å²) in [7, 11) is 4.11. The van der Waals surface area contributed by atoms with Gasteiger partial charge in [0.25, 0.3) is 5.91 Å². The number of carbonyl (C=O) groups is 6. The second-order valence-corrected chi connectivity index (χ2v) is 15.2. The maximum absolute atomic E-state index is 13.7. The van der Waals surface area contributed by atoms with E-state index in [0.717, 1.165) is 29.1 Å². The molecule has 0 aliphatic rings. The third kappa shape index (κ3) is 18.5. The fourth-order valence-electron chi connectivity index (χ4n) is 6.69. The molecule has 0 saturated carbocycles. The standard InChI is InChI=1S/C43H73N7O9/c1-8-10-11-12-13-14-15-16-17-18-19-20-21-23-36(54)49(6)34(28-51)41(57)48-39(44)43(59)46-27-37(55)50(7)38(42(58)47-29(3)40(56)45-5)31-24-25-35(53)33(26-31)32(22-9-2)30(4)52/h22,24-26,29-30,34,38-39,51-53H,8-21,23,27-28,44H2,1-7H3,(H,45,56)(H,46,59)(H,47,58)(H,48,57)/t29-,30?,34+,38-,39-/m0/s1. The minimum atomic E-state index is -1.66. The molecule has 16 nitrogen and oxygen atoms in total. The van der Waals surface area contributed by atoms with E-state index < -0.39 is 73.1 Å². The Balaban J connectivity index is 2.84. The fraction of sp³-hybridized carbons (Fsp3) is 0.674. The average molecular weight is 832 g/mol. The number of aliphatic hydroxyl groups is 2. The van der Waals surface area contributed by atoms with Gasteiger partial charge in [-0.05, 0) is 50.0 Å². The molecule has 16 heteroatoms. The molecular weight excluding hydrogens is 759 g/mol. The van der Waals surface area contributed by atoms with Crippen LogP contribution in [0.25, 0.3) is 5.57 Å². The number of phenolic OH excluding ortho intramolecular Hbond substituents is 1. The van der Waals surface area contributed by atoms with Gasteiger partial charge in [0.05, 0.1) is 19.3 Å². The Morgan fingerprint density at radius 2 is 1.32 bits per heavy atom. The number of unbranched alkanes of at least 4 members (excludes halogenated alkanes) is 12. The SMILES string of the molecule is CCC=C(c1cc([C@@H](C(=O)N[C@@H](C)C(=O)NC)N(C)C(=O)CNC(=O)[C@@H](N)NC(=O)[C@@H](CO)N(C)C(=O)CCCCCCCCCCCCCCC)ccc1O)C(C)O. The first-order valence-corrected chi connectivity index (χ1v) is 21.2. The van der Waals surface area contributed by atoms with Crippen LogP contribution in [-0.4, -0.2) is 119 Å². The van der Waals surface area contributed by atoms with Crippen LogP contribution in [0.1, 0.15) is 141 Å². The van der Waals surface area contributed by atoms with Crippen molar-refractivity contribution in [1.82, 2.24) is 31.1 Å². The molecule has 0 bridgehead atoms. The molecule has 0 spiro atoms. The number of aliphatic hydroxyl groups excluding tert-OH is 2. The predicted molar refractivity (Wildman–Crippen MR) is 228 cm³/mol. The monoisotopic (exact) mass is 832 g/mol. The number of phenols is 1. The largest absolute Gasteiger partial charge is 0.507 e. The summed E-state index contributed by atoms with van der Waals surface area (Å²) in [5.41, 5.74) is 6.80. The number of nitrogens with zero attached hydrogens (tertiary/aromatic N) is 2. The summed E-state index contributed by atoms with van der Waals surface area (Å²) < 4.78 is 0. The molecule has 9 N–H and O–H groups in total. The molecule has 59 heavy (non-hydrogen) atoms. The number of rotatable bonds is 29. The third-order valence-corrected chi connectivity index (χ3v) is 10.4. The van der Waals surface area contributed by atoms with Gasteiger partial charge >= 0.3 is 0 Å². The van der Waals surface area contributed by atoms with Crippen LogP contribution in [0.4, 0.5) is 0 Å². The van der Waals surface area contributed by atoms with Crippen LogP contribution in [0.2, 0.25) is 0 Å². The first kappa shape index (κ1) is 52.5. The highest BCUT2D eigenvalue weighted by Crippen LogP contribution is 2.32. The number of nitrogens with one attached hydrogen (secondary N) is 4. The molecule has 0 fully saturated rings. The van der Waals surface area contributed by atoms with Gasteiger partial charge in [0.15, 0.2) is 6.17 Å². The molecule has 1 aromatic rings. The van der Waals surface area contributed by atoms with E-state index >= 15 is 0 Å². The van der Waals surface area contributed by atoms with Crippen LogP contribution in [0.3, 0.4) is 0 Å². The summed E-state index contributed by atoms with van der Waals surface area (Å²) in [5.74, 6) is -4.31. The first-order chi connectivity index (χ1) is 28.0. The van der Waals surface area contributed by atoms with Crippen molar-refractivity contribution < 1.29 is 44.1 Å². The minimum absolute atomic E-state index is 0.168. The Labute approximate surface area is 351 Å². The third-order valence-electron chi connectivity index (χ3n) is 10.4. The maximum atomic E-state index is 13.7. The summed E-state index contributed by atoms with van der Waals surface area (Å²) in [6.07, 6.45) is 15.0. The second kappa shape index (κ2) is 28.8. The Kier molecular flexibility index (Phi) is 25.6. The zero-order valence-electron chi connectivity index (χ0n) is 36.5. The highest BCUT2D eigenvalue weighted by molar-refractivity contribution is 5.95. The van der Waals surface area contributed by atoms with Crippen molar-refractivity contribution in [1.29, 1.82) is 0 Å². The van der Waals surface area contributed by atoms with Crippen molar-refractivity contribution in [3.63, 3.8) is 0 Å². The number of likely N-dealkylation sites (N-methyl/N-ethyl adjacent to an activating group) is 3. The van der Waals surface area contributed by atoms with Gasteiger partial charge in [-0.2, -0.15) is 0 Å². The van der Waals surface area contributed by atoms with Crippen LogP contribution >= 0.6 is 0 Å². The van der Waals surface area contributed by atoms with Crippen molar-refractivity contribution >= 4 is 41.0 Å². The Hall–Kier alpha value is -4.54. The lowest BCUT2D eigenvalue weighted by Crippen LogP contribution is -2.59. The van der Waals surface area contributed by atoms with Gasteiger partial charge in [-0.25, -0.2) is 0 Å². The zero-order chi connectivity index (χ0) is 44.5. The van der Waals surface area contributed by atoms with E-state index in [9.17, 15) is 44.1 Å². The number of benzene rings is 1. The maximum Gasteiger partial charge on any atom is 0.257 e. The molecule has 0 aromatic heterocycles. The normalized spacial score (nSPS) is 14.0. The lowest BCUT2D eigenvalue weighted by atomic mass is 9.94. The first-order valence-electron chi connectivity index (χ1n) is 21.2. The minimum Gasteiger partial charge on any atom is -0.507 e. The van der Waals surface area contributed by atoms with Gasteiger partial charge < -0.3 is 52.1 Å². The quantitative estimate of drug-likeness (QED) is 0.0433. The average Bonchev–Trinajstić information content (AvgIpc) is 3.20. The molecule has 0 radical (unpaired) electrons. The molecule has 334 valence electrons. The smallest absolute Gasteiger partial charge is 0.257 e. The van der Waals surface area contributed by atoms with Gasteiger partial charge in [-0.1, -0.05) is 103 Å². The Morgan fingerprint density at radius 3 is 1.83 bits per heavy atom. The molecule has 1 unspecified atom stereocenters. The summed E-state index contributed by atoms with van der Waals surface area (Å²) in [4.78, 5) is 80.4. The van der Waals surface area contributed by atoms with Crippen molar-refractivity contribution in [3.8, 4) is 5.75 Å². The lowest BCUT2D eigenvalue weighted by Gasteiger charge is -2.30. The van der Waals surface area contributed by atoms with Crippen LogP contribution in [0, 0.1) is 0 Å². The van der Waals surface area contributed by atoms with E-state index in [4.69, 9.17) is 5.73 Å². The van der Waals surface area contributed by atoms with Crippen molar-refractivity contribution in [3.05, 3.63) is 35.4 Å². The number of aromatic hydroxyl groups is 1. The van der Waals surface area contributed by atoms with E-state index in [1.54, 1.807) is 6.08 Å². The van der Waals surface area contributed by atoms with Crippen LogP contribution < -0.4 is 27.0 Å². The molecule has 0 aliphatic carbocycles. The van der Waals surface area contributed by atoms with Gasteiger partial charge in [0.1, 0.15) is 23.9 Å². The van der Waals surface area contributed by atoms with E-state index in [-0.39, 0.29) is 29.2 Å². The number of hydrogen-bond donors (Lipinski definition) is 8. The van der Waals surface area contributed by atoms with E-state index in [1.807, 2.05) is 6.92 Å². The highest BCUT2D eigenvalue weighted by atomic mass is 16.3.